The van der Waals surface area contributed by atoms with Crippen molar-refractivity contribution in [2.45, 2.75) is 18.9 Å². The Kier molecular flexibility index (Phi) is 3.70. The molecule has 1 aliphatic rings. The molecule has 74 valence electrons. The van der Waals surface area contributed by atoms with Crippen LogP contribution in [0.2, 0.25) is 0 Å². The summed E-state index contributed by atoms with van der Waals surface area (Å²) in [5, 5.41) is 2.61. The lowest BCUT2D eigenvalue weighted by atomic mass is 10.3. The lowest BCUT2D eigenvalue weighted by molar-refractivity contribution is -0.108. The number of likely N-dealkylation sites (tertiary alicyclic amines) is 1. The average Bonchev–Trinajstić information content (AvgIpc) is 2.66. The molecule has 13 heavy (non-hydrogen) atoms. The van der Waals surface area contributed by atoms with Gasteiger partial charge in [-0.05, 0) is 12.8 Å². The van der Waals surface area contributed by atoms with Gasteiger partial charge in [-0.3, -0.25) is 0 Å². The van der Waals surface area contributed by atoms with Crippen molar-refractivity contribution in [3.8, 4) is 0 Å². The van der Waals surface area contributed by atoms with Gasteiger partial charge >= 0.3 is 6.03 Å². The zero-order chi connectivity index (χ0) is 9.68. The summed E-state index contributed by atoms with van der Waals surface area (Å²) in [5.74, 6) is 0. The van der Waals surface area contributed by atoms with Crippen LogP contribution in [0.15, 0.2) is 0 Å². The summed E-state index contributed by atoms with van der Waals surface area (Å²) in [4.78, 5) is 23.2. The first kappa shape index (κ1) is 9.98. The number of hydrogen-bond acceptors (Lipinski definition) is 3. The largest absolute Gasteiger partial charge is 0.336 e. The molecule has 5 nitrogen and oxygen atoms in total. The highest BCUT2D eigenvalue weighted by Crippen LogP contribution is 2.06. The number of aldehydes is 1. The van der Waals surface area contributed by atoms with E-state index in [4.69, 9.17) is 5.73 Å². The van der Waals surface area contributed by atoms with Gasteiger partial charge in [0.2, 0.25) is 0 Å². The van der Waals surface area contributed by atoms with Crippen molar-refractivity contribution >= 4 is 12.3 Å². The van der Waals surface area contributed by atoms with Crippen molar-refractivity contribution in [3.05, 3.63) is 0 Å². The van der Waals surface area contributed by atoms with Crippen molar-refractivity contribution < 1.29 is 9.59 Å². The molecular weight excluding hydrogens is 170 g/mol. The Morgan fingerprint density at radius 2 is 2.15 bits per heavy atom. The number of hydrogen-bond donors (Lipinski definition) is 2. The SMILES string of the molecule is NC(C=O)CNC(=O)N1CCCC1. The minimum Gasteiger partial charge on any atom is -0.336 e. The molecule has 1 rings (SSSR count). The molecule has 0 aromatic rings. The molecule has 1 unspecified atom stereocenters. The molecule has 5 heteroatoms. The second-order valence-electron chi connectivity index (χ2n) is 3.18. The van der Waals surface area contributed by atoms with E-state index in [2.05, 4.69) is 5.32 Å². The van der Waals surface area contributed by atoms with Crippen LogP contribution >= 0.6 is 0 Å². The van der Waals surface area contributed by atoms with Gasteiger partial charge in [-0.25, -0.2) is 4.79 Å². The molecule has 0 aliphatic carbocycles. The van der Waals surface area contributed by atoms with Crippen LogP contribution in [0.3, 0.4) is 0 Å². The van der Waals surface area contributed by atoms with Crippen molar-refractivity contribution in [1.29, 1.82) is 0 Å². The van der Waals surface area contributed by atoms with Gasteiger partial charge in [0.15, 0.2) is 0 Å². The standard InChI is InChI=1S/C8H15N3O2/c9-7(6-12)5-10-8(13)11-3-1-2-4-11/h6-7H,1-5,9H2,(H,10,13). The number of nitrogens with zero attached hydrogens (tertiary/aromatic N) is 1. The van der Waals surface area contributed by atoms with E-state index in [1.165, 1.54) is 0 Å². The van der Waals surface area contributed by atoms with E-state index in [1.807, 2.05) is 0 Å². The fraction of sp³-hybridized carbons (Fsp3) is 0.750. The monoisotopic (exact) mass is 185 g/mol. The predicted molar refractivity (Wildman–Crippen MR) is 48.2 cm³/mol. The minimum atomic E-state index is -0.591. The highest BCUT2D eigenvalue weighted by molar-refractivity contribution is 5.75. The Morgan fingerprint density at radius 1 is 1.54 bits per heavy atom. The Balaban J connectivity index is 2.20. The second kappa shape index (κ2) is 4.81. The zero-order valence-electron chi connectivity index (χ0n) is 7.53. The van der Waals surface area contributed by atoms with Crippen LogP contribution in [0, 0.1) is 0 Å². The molecule has 1 saturated heterocycles. The van der Waals surface area contributed by atoms with Crippen molar-refractivity contribution in [1.82, 2.24) is 10.2 Å². The van der Waals surface area contributed by atoms with Crippen LogP contribution in [-0.4, -0.2) is 42.9 Å². The summed E-state index contributed by atoms with van der Waals surface area (Å²) in [6.45, 7) is 1.84. The Morgan fingerprint density at radius 3 is 2.69 bits per heavy atom. The Hall–Kier alpha value is -1.10. The van der Waals surface area contributed by atoms with E-state index in [1.54, 1.807) is 4.90 Å². The van der Waals surface area contributed by atoms with Gasteiger partial charge in [0.1, 0.15) is 6.29 Å². The van der Waals surface area contributed by atoms with Crippen LogP contribution in [-0.2, 0) is 4.79 Å². The van der Waals surface area contributed by atoms with Gasteiger partial charge in [-0.1, -0.05) is 0 Å². The maximum atomic E-state index is 11.3. The van der Waals surface area contributed by atoms with Gasteiger partial charge in [0.25, 0.3) is 0 Å². The van der Waals surface area contributed by atoms with Crippen LogP contribution < -0.4 is 11.1 Å². The fourth-order valence-electron chi connectivity index (χ4n) is 1.29. The van der Waals surface area contributed by atoms with E-state index in [-0.39, 0.29) is 12.6 Å². The number of amides is 2. The molecule has 0 spiro atoms. The number of carbonyl (C=O) groups excluding carboxylic acids is 2. The van der Waals surface area contributed by atoms with Gasteiger partial charge in [-0.2, -0.15) is 0 Å². The van der Waals surface area contributed by atoms with Crippen molar-refractivity contribution in [2.24, 2.45) is 5.73 Å². The van der Waals surface area contributed by atoms with Gasteiger partial charge < -0.3 is 20.7 Å². The van der Waals surface area contributed by atoms with E-state index in [9.17, 15) is 9.59 Å². The highest BCUT2D eigenvalue weighted by atomic mass is 16.2. The maximum absolute atomic E-state index is 11.3. The topological polar surface area (TPSA) is 75.4 Å². The van der Waals surface area contributed by atoms with E-state index >= 15 is 0 Å². The number of carbonyl (C=O) groups is 2. The summed E-state index contributed by atoms with van der Waals surface area (Å²) in [6.07, 6.45) is 2.75. The predicted octanol–water partition coefficient (Wildman–Crippen LogP) is -0.682. The molecule has 0 radical (unpaired) electrons. The van der Waals surface area contributed by atoms with Crippen LogP contribution in [0.1, 0.15) is 12.8 Å². The molecule has 1 aliphatic heterocycles. The van der Waals surface area contributed by atoms with E-state index in [0.717, 1.165) is 25.9 Å². The first-order chi connectivity index (χ1) is 6.24. The fourth-order valence-corrected chi connectivity index (χ4v) is 1.29. The third kappa shape index (κ3) is 3.02. The third-order valence-electron chi connectivity index (χ3n) is 2.06. The van der Waals surface area contributed by atoms with E-state index < -0.39 is 6.04 Å². The molecule has 0 aromatic carbocycles. The van der Waals surface area contributed by atoms with Crippen molar-refractivity contribution in [2.75, 3.05) is 19.6 Å². The van der Waals surface area contributed by atoms with Gasteiger partial charge in [-0.15, -0.1) is 0 Å². The minimum absolute atomic E-state index is 0.116. The maximum Gasteiger partial charge on any atom is 0.317 e. The molecular formula is C8H15N3O2. The lowest BCUT2D eigenvalue weighted by Gasteiger charge is -2.16. The van der Waals surface area contributed by atoms with E-state index in [0.29, 0.717) is 6.29 Å². The Bertz CT molecular complexity index is 190. The highest BCUT2D eigenvalue weighted by Gasteiger charge is 2.17. The molecule has 2 amide bonds. The first-order valence-corrected chi connectivity index (χ1v) is 4.47. The number of nitrogens with two attached hydrogens (primary N) is 1. The van der Waals surface area contributed by atoms with Crippen LogP contribution in [0.25, 0.3) is 0 Å². The van der Waals surface area contributed by atoms with Crippen molar-refractivity contribution in [3.63, 3.8) is 0 Å². The quantitative estimate of drug-likeness (QED) is 0.572. The Labute approximate surface area is 77.3 Å². The number of nitrogens with one attached hydrogen (secondary N) is 1. The molecule has 0 aromatic heterocycles. The second-order valence-corrected chi connectivity index (χ2v) is 3.18. The normalized spacial score (nSPS) is 18.4. The summed E-state index contributed by atoms with van der Waals surface area (Å²) < 4.78 is 0. The molecule has 3 N–H and O–H groups in total. The summed E-state index contributed by atoms with van der Waals surface area (Å²) in [5.41, 5.74) is 5.32. The van der Waals surface area contributed by atoms with Gasteiger partial charge in [0, 0.05) is 19.6 Å². The molecule has 1 fully saturated rings. The van der Waals surface area contributed by atoms with Crippen LogP contribution in [0.4, 0.5) is 4.79 Å². The summed E-state index contributed by atoms with van der Waals surface area (Å²) in [6, 6.07) is -0.707. The molecule has 1 heterocycles. The third-order valence-corrected chi connectivity index (χ3v) is 2.06. The lowest BCUT2D eigenvalue weighted by Crippen LogP contribution is -2.44. The molecule has 0 bridgehead atoms. The summed E-state index contributed by atoms with van der Waals surface area (Å²) in [7, 11) is 0. The van der Waals surface area contributed by atoms with Gasteiger partial charge in [0.05, 0.1) is 6.04 Å². The zero-order valence-corrected chi connectivity index (χ0v) is 7.53. The molecule has 1 atom stereocenters. The number of urea groups is 1. The average molecular weight is 185 g/mol. The smallest absolute Gasteiger partial charge is 0.317 e. The first-order valence-electron chi connectivity index (χ1n) is 4.47. The number of rotatable bonds is 3. The molecule has 0 saturated carbocycles. The van der Waals surface area contributed by atoms with Crippen LogP contribution in [0.5, 0.6) is 0 Å². The summed E-state index contributed by atoms with van der Waals surface area (Å²) >= 11 is 0.